The molecule has 4 heterocycles. The summed E-state index contributed by atoms with van der Waals surface area (Å²) in [7, 11) is 3.34. The van der Waals surface area contributed by atoms with Crippen molar-refractivity contribution in [3.63, 3.8) is 0 Å². The Morgan fingerprint density at radius 2 is 1.85 bits per heavy atom. The van der Waals surface area contributed by atoms with Crippen molar-refractivity contribution in [2.24, 2.45) is 34.8 Å². The van der Waals surface area contributed by atoms with Gasteiger partial charge >= 0.3 is 5.97 Å². The lowest BCUT2D eigenvalue weighted by Gasteiger charge is -2.38. The summed E-state index contributed by atoms with van der Waals surface area (Å²) in [5, 5.41) is 16.8. The molecule has 348 valence electrons. The standard InChI is InChI=1S/C51H67N7O7/c1-9-57-41-17-16-31-25-37(41)38(46(57)36-12-10-18-53-44(36)29(4)64-8)26-51(5,6)27-65-50(63)39-13-11-19-58(55-39)48(61)40(22-30-20-34(31)24-35(59)21-30)54-47(60)45(28(2)3)56(7)49(62)42-32-14-15-33(23-32)43(42)52/h10,12,16-18,20-21,24-25,28-29,32-33,39-40,42-43,45,55,59H,9,11,13-15,19,22-23,26-27,52H2,1-8H3,(H,54,60)/t29-,32-,33+,39-,40-,42+,43-,45-/m0/s1. The van der Waals surface area contributed by atoms with Crippen molar-refractivity contribution >= 4 is 34.6 Å². The maximum atomic E-state index is 14.7. The molecule has 0 spiro atoms. The van der Waals surface area contributed by atoms with Crippen molar-refractivity contribution in [2.75, 3.05) is 27.3 Å². The molecule has 14 heteroatoms. The van der Waals surface area contributed by atoms with Gasteiger partial charge in [0.2, 0.25) is 11.8 Å². The first-order valence-electron chi connectivity index (χ1n) is 23.5. The van der Waals surface area contributed by atoms with Crippen LogP contribution in [-0.2, 0) is 48.0 Å². The summed E-state index contributed by atoms with van der Waals surface area (Å²) < 4.78 is 14.2. The second-order valence-electron chi connectivity index (χ2n) is 20.1. The summed E-state index contributed by atoms with van der Waals surface area (Å²) in [6.07, 6.45) is 6.00. The molecule has 8 rings (SSSR count). The number of aryl methyl sites for hydroxylation is 1. The lowest BCUT2D eigenvalue weighted by atomic mass is 9.83. The Hall–Kier alpha value is -5.31. The highest BCUT2D eigenvalue weighted by atomic mass is 16.5. The molecule has 65 heavy (non-hydrogen) atoms. The second kappa shape index (κ2) is 18.5. The normalized spacial score (nSPS) is 25.3. The van der Waals surface area contributed by atoms with Crippen LogP contribution >= 0.6 is 0 Å². The van der Waals surface area contributed by atoms with Gasteiger partial charge in [-0.25, -0.2) is 5.43 Å². The maximum absolute atomic E-state index is 14.7. The van der Waals surface area contributed by atoms with Gasteiger partial charge in [0.05, 0.1) is 30.0 Å². The number of rotatable bonds is 9. The van der Waals surface area contributed by atoms with Gasteiger partial charge in [-0.3, -0.25) is 29.2 Å². The monoisotopic (exact) mass is 890 g/mol. The van der Waals surface area contributed by atoms with E-state index in [9.17, 15) is 24.3 Å². The number of esters is 1. The first-order chi connectivity index (χ1) is 31.0. The number of benzene rings is 2. The van der Waals surface area contributed by atoms with Crippen molar-refractivity contribution in [2.45, 2.75) is 123 Å². The van der Waals surface area contributed by atoms with Gasteiger partial charge in [0.1, 0.15) is 23.9 Å². The summed E-state index contributed by atoms with van der Waals surface area (Å²) in [5.41, 5.74) is 16.3. The largest absolute Gasteiger partial charge is 0.508 e. The number of nitrogens with zero attached hydrogens (tertiary/aromatic N) is 4. The fourth-order valence-corrected chi connectivity index (χ4v) is 11.3. The highest BCUT2D eigenvalue weighted by molar-refractivity contribution is 5.96. The van der Waals surface area contributed by atoms with Gasteiger partial charge in [-0.2, -0.15) is 0 Å². The number of carbonyl (C=O) groups excluding carboxylic acids is 4. The number of carbonyl (C=O) groups is 4. The van der Waals surface area contributed by atoms with Gasteiger partial charge in [0, 0.05) is 67.8 Å². The van der Waals surface area contributed by atoms with Gasteiger partial charge in [-0.15, -0.1) is 0 Å². The predicted molar refractivity (Wildman–Crippen MR) is 249 cm³/mol. The smallest absolute Gasteiger partial charge is 0.324 e. The fraction of sp³-hybridized carbons (Fsp3) is 0.549. The molecule has 2 aliphatic carbocycles. The number of hydrazine groups is 1. The van der Waals surface area contributed by atoms with Crippen molar-refractivity contribution in [1.29, 1.82) is 0 Å². The molecule has 8 atom stereocenters. The molecule has 2 aromatic carbocycles. The maximum Gasteiger partial charge on any atom is 0.324 e. The van der Waals surface area contributed by atoms with Crippen LogP contribution in [-0.4, -0.2) is 99.7 Å². The number of pyridine rings is 1. The molecule has 0 radical (unpaired) electrons. The van der Waals surface area contributed by atoms with Crippen LogP contribution < -0.4 is 16.5 Å². The molecule has 8 bridgehead atoms. The van der Waals surface area contributed by atoms with Gasteiger partial charge in [-0.1, -0.05) is 39.8 Å². The minimum atomic E-state index is -1.12. The highest BCUT2D eigenvalue weighted by Crippen LogP contribution is 2.48. The number of nitrogens with one attached hydrogen (secondary N) is 2. The Morgan fingerprint density at radius 3 is 2.55 bits per heavy atom. The summed E-state index contributed by atoms with van der Waals surface area (Å²) in [4.78, 5) is 63.7. The van der Waals surface area contributed by atoms with E-state index in [1.165, 1.54) is 9.91 Å². The molecular weight excluding hydrogens is 823 g/mol. The lowest BCUT2D eigenvalue weighted by Crippen LogP contribution is -2.62. The molecule has 4 aliphatic rings. The van der Waals surface area contributed by atoms with Crippen LogP contribution in [0.25, 0.3) is 33.3 Å². The second-order valence-corrected chi connectivity index (χ2v) is 20.1. The quantitative estimate of drug-likeness (QED) is 0.139. The van der Waals surface area contributed by atoms with E-state index in [0.29, 0.717) is 43.8 Å². The van der Waals surface area contributed by atoms with Gasteiger partial charge in [-0.05, 0) is 129 Å². The van der Waals surface area contributed by atoms with Gasteiger partial charge in [0.15, 0.2) is 0 Å². The zero-order valence-electron chi connectivity index (χ0n) is 39.2. The Labute approximate surface area is 382 Å². The van der Waals surface area contributed by atoms with E-state index < -0.39 is 41.3 Å². The Morgan fingerprint density at radius 1 is 1.08 bits per heavy atom. The number of hydrogen-bond donors (Lipinski definition) is 4. The molecule has 5 N–H and O–H groups in total. The molecule has 4 aromatic rings. The summed E-state index contributed by atoms with van der Waals surface area (Å²) in [6, 6.07) is 12.6. The number of fused-ring (bicyclic) bond motifs is 8. The van der Waals surface area contributed by atoms with Crippen LogP contribution in [0.5, 0.6) is 5.75 Å². The average Bonchev–Trinajstić information content (AvgIpc) is 3.98. The molecule has 1 saturated heterocycles. The van der Waals surface area contributed by atoms with Crippen molar-refractivity contribution in [3.05, 3.63) is 71.5 Å². The predicted octanol–water partition coefficient (Wildman–Crippen LogP) is 6.31. The highest BCUT2D eigenvalue weighted by Gasteiger charge is 2.51. The van der Waals surface area contributed by atoms with E-state index in [0.717, 1.165) is 63.8 Å². The van der Waals surface area contributed by atoms with Crippen molar-refractivity contribution in [3.8, 4) is 28.1 Å². The fourth-order valence-electron chi connectivity index (χ4n) is 11.3. The van der Waals surface area contributed by atoms with Crippen LogP contribution in [0, 0.1) is 29.1 Å². The number of nitrogens with two attached hydrogens (primary N) is 1. The topological polar surface area (TPSA) is 181 Å². The lowest BCUT2D eigenvalue weighted by molar-refractivity contribution is -0.155. The molecule has 3 fully saturated rings. The molecule has 14 nitrogen and oxygen atoms in total. The van der Waals surface area contributed by atoms with E-state index in [1.807, 2.05) is 39.0 Å². The van der Waals surface area contributed by atoms with E-state index in [2.05, 4.69) is 54.3 Å². The van der Waals surface area contributed by atoms with Crippen LogP contribution in [0.2, 0.25) is 0 Å². The third-order valence-corrected chi connectivity index (χ3v) is 14.6. The zero-order chi connectivity index (χ0) is 46.5. The van der Waals surface area contributed by atoms with Gasteiger partial charge < -0.3 is 35.1 Å². The number of aromatic hydroxyl groups is 1. The van der Waals surface area contributed by atoms with Gasteiger partial charge in [0.25, 0.3) is 5.91 Å². The van der Waals surface area contributed by atoms with E-state index in [4.69, 9.17) is 20.2 Å². The first-order valence-corrected chi connectivity index (χ1v) is 23.5. The number of phenolic OH excluding ortho intramolecular Hbond substituents is 1. The Kier molecular flexibility index (Phi) is 13.2. The summed E-state index contributed by atoms with van der Waals surface area (Å²) >= 11 is 0. The van der Waals surface area contributed by atoms with Crippen LogP contribution in [0.4, 0.5) is 0 Å². The Bertz CT molecular complexity index is 2460. The molecule has 2 aromatic heterocycles. The van der Waals surface area contributed by atoms with Crippen LogP contribution in [0.15, 0.2) is 54.7 Å². The number of amides is 3. The average molecular weight is 890 g/mol. The number of hydrogen-bond acceptors (Lipinski definition) is 10. The Balaban J connectivity index is 1.21. The number of ether oxygens (including phenoxy) is 2. The van der Waals surface area contributed by atoms with Crippen molar-refractivity contribution in [1.82, 2.24) is 30.2 Å². The number of phenols is 1. The molecular formula is C51H67N7O7. The van der Waals surface area contributed by atoms with E-state index in [-0.39, 0.29) is 54.6 Å². The summed E-state index contributed by atoms with van der Waals surface area (Å²) in [5.74, 6) is -1.59. The number of likely N-dealkylation sites (N-methyl/N-ethyl adjacent to an activating group) is 1. The number of aromatic nitrogens is 2. The third kappa shape index (κ3) is 9.01. The molecule has 3 amide bonds. The number of methoxy groups -OCH3 is 1. The zero-order valence-corrected chi connectivity index (χ0v) is 39.2. The molecule has 2 aliphatic heterocycles. The summed E-state index contributed by atoms with van der Waals surface area (Å²) in [6.45, 7) is 13.2. The van der Waals surface area contributed by atoms with Crippen LogP contribution in [0.1, 0.15) is 96.6 Å². The number of cyclic esters (lactones) is 1. The molecule has 0 unspecified atom stereocenters. The first kappa shape index (κ1) is 46.2. The minimum absolute atomic E-state index is 0.0118. The van der Waals surface area contributed by atoms with Crippen LogP contribution in [0.3, 0.4) is 0 Å². The minimum Gasteiger partial charge on any atom is -0.508 e. The molecule has 2 saturated carbocycles. The van der Waals surface area contributed by atoms with Crippen molar-refractivity contribution < 1.29 is 33.8 Å². The SMILES string of the molecule is CCn1c(-c2cccnc2[C@H](C)OC)c2c3cc(ccc31)-c1cc(O)cc(c1)C[C@H](NC(=O)[C@H](C(C)C)N(C)C(=O)[C@@H]1[C@H]3CC[C@H](C3)[C@@H]1N)C(=O)N1CCC[C@H](N1)C(=O)OCC(C)(C)C2. The third-order valence-electron chi connectivity index (χ3n) is 14.6. The van der Waals surface area contributed by atoms with E-state index >= 15 is 0 Å². The van der Waals surface area contributed by atoms with E-state index in [1.54, 1.807) is 32.5 Å².